The van der Waals surface area contributed by atoms with E-state index in [-0.39, 0.29) is 12.5 Å². The smallest absolute Gasteiger partial charge is 0.142 e. The van der Waals surface area contributed by atoms with Crippen molar-refractivity contribution >= 4 is 5.71 Å². The lowest BCUT2D eigenvalue weighted by Crippen LogP contribution is -2.10. The molecule has 5 rings (SSSR count). The fraction of sp³-hybridized carbons (Fsp3) is 0.192. The van der Waals surface area contributed by atoms with Crippen molar-refractivity contribution in [1.29, 1.82) is 0 Å². The molecule has 0 bridgehead atoms. The van der Waals surface area contributed by atoms with Crippen LogP contribution >= 0.6 is 0 Å². The lowest BCUT2D eigenvalue weighted by Gasteiger charge is -2.12. The van der Waals surface area contributed by atoms with E-state index < -0.39 is 0 Å². The first kappa shape index (κ1) is 20.2. The zero-order chi connectivity index (χ0) is 21.8. The molecular weight excluding hydrogens is 400 g/mol. The van der Waals surface area contributed by atoms with E-state index in [1.807, 2.05) is 54.7 Å². The Morgan fingerprint density at radius 2 is 1.78 bits per heavy atom. The highest BCUT2D eigenvalue weighted by molar-refractivity contribution is 6.09. The third-order valence-electron chi connectivity index (χ3n) is 5.73. The molecule has 0 unspecified atom stereocenters. The monoisotopic (exact) mass is 424 g/mol. The highest BCUT2D eigenvalue weighted by Crippen LogP contribution is 2.38. The largest absolute Gasteiger partial charge is 0.394 e. The number of hydrogen-bond donors (Lipinski definition) is 1. The van der Waals surface area contributed by atoms with E-state index in [4.69, 9.17) is 9.94 Å². The highest BCUT2D eigenvalue weighted by Gasteiger charge is 2.33. The van der Waals surface area contributed by atoms with E-state index in [0.717, 1.165) is 40.1 Å². The van der Waals surface area contributed by atoms with E-state index in [1.165, 1.54) is 5.56 Å². The average molecular weight is 425 g/mol. The molecule has 0 amide bonds. The second-order valence-electron chi connectivity index (χ2n) is 7.81. The number of rotatable bonds is 7. The molecule has 0 spiro atoms. The standard InChI is InChI=1S/C26H24N4O2/c31-15-14-30-17-24(25(28-30)20-10-12-27-13-11-20)23-16-21-8-4-5-9-22(21)26(23)29-32-18-19-6-2-1-3-7-19/h1-13,17,23,31H,14-16,18H2/b29-26-/t23-/m0/s1. The maximum absolute atomic E-state index is 9.46. The molecule has 0 aliphatic heterocycles. The average Bonchev–Trinajstić information content (AvgIpc) is 3.42. The predicted molar refractivity (Wildman–Crippen MR) is 123 cm³/mol. The van der Waals surface area contributed by atoms with Crippen LogP contribution in [-0.4, -0.2) is 32.2 Å². The number of nitrogens with zero attached hydrogens (tertiary/aromatic N) is 4. The number of hydrogen-bond acceptors (Lipinski definition) is 5. The van der Waals surface area contributed by atoms with Crippen molar-refractivity contribution in [3.63, 3.8) is 0 Å². The van der Waals surface area contributed by atoms with Gasteiger partial charge < -0.3 is 9.94 Å². The summed E-state index contributed by atoms with van der Waals surface area (Å²) in [6.07, 6.45) is 6.39. The summed E-state index contributed by atoms with van der Waals surface area (Å²) in [4.78, 5) is 9.96. The number of fused-ring (bicyclic) bond motifs is 1. The van der Waals surface area contributed by atoms with Crippen LogP contribution in [0.15, 0.2) is 90.5 Å². The molecule has 0 saturated heterocycles. The second-order valence-corrected chi connectivity index (χ2v) is 7.81. The summed E-state index contributed by atoms with van der Waals surface area (Å²) >= 11 is 0. The number of aromatic nitrogens is 3. The quantitative estimate of drug-likeness (QED) is 0.452. The Bertz CT molecular complexity index is 1220. The van der Waals surface area contributed by atoms with Gasteiger partial charge in [-0.25, -0.2) is 0 Å². The number of pyridine rings is 1. The van der Waals surface area contributed by atoms with Crippen LogP contribution < -0.4 is 0 Å². The molecule has 6 nitrogen and oxygen atoms in total. The van der Waals surface area contributed by atoms with E-state index in [1.54, 1.807) is 17.1 Å². The fourth-order valence-corrected chi connectivity index (χ4v) is 4.22. The van der Waals surface area contributed by atoms with Crippen molar-refractivity contribution in [2.24, 2.45) is 5.16 Å². The van der Waals surface area contributed by atoms with Crippen LogP contribution in [0.3, 0.4) is 0 Å². The molecule has 1 aliphatic carbocycles. The van der Waals surface area contributed by atoms with Gasteiger partial charge in [0.2, 0.25) is 0 Å². The van der Waals surface area contributed by atoms with Crippen molar-refractivity contribution in [1.82, 2.24) is 14.8 Å². The molecule has 4 aromatic rings. The zero-order valence-electron chi connectivity index (χ0n) is 17.6. The Morgan fingerprint density at radius 3 is 2.59 bits per heavy atom. The number of aliphatic hydroxyl groups excluding tert-OH is 1. The third kappa shape index (κ3) is 4.05. The number of benzene rings is 2. The molecule has 6 heteroatoms. The minimum absolute atomic E-state index is 0.0128. The zero-order valence-corrected chi connectivity index (χ0v) is 17.6. The number of oxime groups is 1. The van der Waals surface area contributed by atoms with Gasteiger partial charge in [-0.05, 0) is 29.7 Å². The Labute approximate surface area is 186 Å². The summed E-state index contributed by atoms with van der Waals surface area (Å²) in [6.45, 7) is 0.887. The summed E-state index contributed by atoms with van der Waals surface area (Å²) in [5.41, 5.74) is 7.30. The molecule has 2 aromatic heterocycles. The minimum atomic E-state index is 0.0128. The second kappa shape index (κ2) is 9.16. The van der Waals surface area contributed by atoms with E-state index in [9.17, 15) is 5.11 Å². The summed E-state index contributed by atoms with van der Waals surface area (Å²) in [5, 5.41) is 18.9. The highest BCUT2D eigenvalue weighted by atomic mass is 16.6. The normalized spacial score (nSPS) is 16.3. The van der Waals surface area contributed by atoms with Crippen molar-refractivity contribution in [2.75, 3.05) is 6.61 Å². The van der Waals surface area contributed by atoms with Gasteiger partial charge >= 0.3 is 0 Å². The van der Waals surface area contributed by atoms with Gasteiger partial charge in [-0.2, -0.15) is 5.10 Å². The lowest BCUT2D eigenvalue weighted by atomic mass is 9.93. The van der Waals surface area contributed by atoms with Crippen LogP contribution in [0.1, 0.15) is 28.2 Å². The third-order valence-corrected chi connectivity index (χ3v) is 5.73. The first-order chi connectivity index (χ1) is 15.8. The van der Waals surface area contributed by atoms with Crippen molar-refractivity contribution in [2.45, 2.75) is 25.5 Å². The van der Waals surface area contributed by atoms with Gasteiger partial charge in [-0.15, -0.1) is 0 Å². The molecule has 1 N–H and O–H groups in total. The van der Waals surface area contributed by atoms with Crippen molar-refractivity contribution in [3.8, 4) is 11.3 Å². The van der Waals surface area contributed by atoms with Crippen LogP contribution in [0.4, 0.5) is 0 Å². The fourth-order valence-electron chi connectivity index (χ4n) is 4.22. The molecule has 0 saturated carbocycles. The minimum Gasteiger partial charge on any atom is -0.394 e. The van der Waals surface area contributed by atoms with E-state index in [2.05, 4.69) is 28.3 Å². The first-order valence-electron chi connectivity index (χ1n) is 10.7. The van der Waals surface area contributed by atoms with Crippen LogP contribution in [0, 0.1) is 0 Å². The van der Waals surface area contributed by atoms with E-state index in [0.29, 0.717) is 13.2 Å². The topological polar surface area (TPSA) is 72.5 Å². The van der Waals surface area contributed by atoms with E-state index >= 15 is 0 Å². The van der Waals surface area contributed by atoms with Crippen molar-refractivity contribution in [3.05, 3.63) is 108 Å². The van der Waals surface area contributed by atoms with Crippen LogP contribution in [-0.2, 0) is 24.4 Å². The Morgan fingerprint density at radius 1 is 1.00 bits per heavy atom. The molecule has 32 heavy (non-hydrogen) atoms. The molecule has 2 aromatic carbocycles. The lowest BCUT2D eigenvalue weighted by molar-refractivity contribution is 0.130. The van der Waals surface area contributed by atoms with Crippen LogP contribution in [0.5, 0.6) is 0 Å². The number of aliphatic hydroxyl groups is 1. The predicted octanol–water partition coefficient (Wildman–Crippen LogP) is 4.20. The molecule has 1 atom stereocenters. The van der Waals surface area contributed by atoms with Crippen LogP contribution in [0.25, 0.3) is 11.3 Å². The van der Waals surface area contributed by atoms with Crippen LogP contribution in [0.2, 0.25) is 0 Å². The molecular formula is C26H24N4O2. The van der Waals surface area contributed by atoms with Crippen molar-refractivity contribution < 1.29 is 9.94 Å². The molecule has 0 radical (unpaired) electrons. The molecule has 0 fully saturated rings. The van der Waals surface area contributed by atoms with Gasteiger partial charge in [-0.3, -0.25) is 9.67 Å². The first-order valence-corrected chi connectivity index (χ1v) is 10.7. The maximum atomic E-state index is 9.46. The summed E-state index contributed by atoms with van der Waals surface area (Å²) < 4.78 is 1.80. The van der Waals surface area contributed by atoms with Gasteiger partial charge in [0.25, 0.3) is 0 Å². The van der Waals surface area contributed by atoms with Gasteiger partial charge in [-0.1, -0.05) is 59.8 Å². The molecule has 2 heterocycles. The SMILES string of the molecule is OCCn1cc([C@@H]2Cc3ccccc3/C2=N/OCc2ccccc2)c(-c2ccncc2)n1. The summed E-state index contributed by atoms with van der Waals surface area (Å²) in [6, 6.07) is 22.3. The van der Waals surface area contributed by atoms with Gasteiger partial charge in [0.05, 0.1) is 24.6 Å². The Kier molecular flexibility index (Phi) is 5.77. The maximum Gasteiger partial charge on any atom is 0.142 e. The van der Waals surface area contributed by atoms with Gasteiger partial charge in [0.15, 0.2) is 0 Å². The Hall–Kier alpha value is -3.77. The summed E-state index contributed by atoms with van der Waals surface area (Å²) in [5.74, 6) is 0.0128. The molecule has 160 valence electrons. The van der Waals surface area contributed by atoms with Gasteiger partial charge in [0, 0.05) is 41.2 Å². The summed E-state index contributed by atoms with van der Waals surface area (Å²) in [7, 11) is 0. The molecule has 1 aliphatic rings. The Balaban J connectivity index is 1.53. The van der Waals surface area contributed by atoms with Gasteiger partial charge in [0.1, 0.15) is 6.61 Å².